The van der Waals surface area contributed by atoms with Crippen molar-refractivity contribution < 1.29 is 19.8 Å². The number of carbonyl (C=O) groups is 2. The number of benzene rings is 2. The molecule has 0 saturated carbocycles. The van der Waals surface area contributed by atoms with Gasteiger partial charge in [0.15, 0.2) is 0 Å². The van der Waals surface area contributed by atoms with Crippen molar-refractivity contribution in [2.75, 3.05) is 11.9 Å². The third kappa shape index (κ3) is 7.67. The van der Waals surface area contributed by atoms with E-state index in [-0.39, 0.29) is 0 Å². The van der Waals surface area contributed by atoms with Crippen molar-refractivity contribution >= 4 is 49.4 Å². The topological polar surface area (TPSA) is 102 Å². The first-order valence-corrected chi connectivity index (χ1v) is 9.89. The molecule has 3 aromatic rings. The molecule has 2 aromatic carbocycles. The summed E-state index contributed by atoms with van der Waals surface area (Å²) >= 11 is 1.81. The lowest BCUT2D eigenvalue weighted by Gasteiger charge is -2.09. The molecule has 4 N–H and O–H groups in total. The second kappa shape index (κ2) is 10.9. The Balaban J connectivity index is 0.000000321. The van der Waals surface area contributed by atoms with Crippen molar-refractivity contribution in [3.05, 3.63) is 66.7 Å². The summed E-state index contributed by atoms with van der Waals surface area (Å²) < 4.78 is 2.54. The number of rotatable bonds is 5. The van der Waals surface area contributed by atoms with Crippen LogP contribution in [0, 0.1) is 5.92 Å². The molecule has 0 aliphatic carbocycles. The van der Waals surface area contributed by atoms with Crippen LogP contribution in [0.15, 0.2) is 66.7 Å². The zero-order valence-electron chi connectivity index (χ0n) is 16.3. The van der Waals surface area contributed by atoms with Crippen LogP contribution in [0.25, 0.3) is 20.3 Å². The van der Waals surface area contributed by atoms with Crippen LogP contribution in [0.1, 0.15) is 13.8 Å². The largest absolute Gasteiger partial charge is 0.478 e. The number of aliphatic carboxylic acids is 2. The fourth-order valence-corrected chi connectivity index (χ4v) is 3.36. The molecular formula is C22H24N2O4S. The smallest absolute Gasteiger partial charge is 0.328 e. The number of nitrogens with one attached hydrogen (secondary N) is 2. The molecule has 1 heterocycles. The molecule has 0 fully saturated rings. The van der Waals surface area contributed by atoms with E-state index >= 15 is 0 Å². The summed E-state index contributed by atoms with van der Waals surface area (Å²) in [4.78, 5) is 22.6. The van der Waals surface area contributed by atoms with Crippen molar-refractivity contribution in [2.45, 2.75) is 13.8 Å². The minimum absolute atomic E-state index is 0.558. The molecule has 29 heavy (non-hydrogen) atoms. The van der Waals surface area contributed by atoms with Gasteiger partial charge in [-0.3, -0.25) is 0 Å². The van der Waals surface area contributed by atoms with E-state index < -0.39 is 11.9 Å². The van der Waals surface area contributed by atoms with Crippen LogP contribution >= 0.6 is 11.3 Å². The molecule has 0 atom stereocenters. The molecule has 0 bridgehead atoms. The van der Waals surface area contributed by atoms with Gasteiger partial charge in [-0.1, -0.05) is 44.2 Å². The van der Waals surface area contributed by atoms with Crippen molar-refractivity contribution in [3.8, 4) is 0 Å². The number of carboxylic acid groups (broad SMARTS) is 2. The van der Waals surface area contributed by atoms with Gasteiger partial charge < -0.3 is 20.5 Å². The quantitative estimate of drug-likeness (QED) is 0.427. The van der Waals surface area contributed by atoms with Crippen molar-refractivity contribution in [3.63, 3.8) is 0 Å². The van der Waals surface area contributed by atoms with E-state index in [9.17, 15) is 9.59 Å². The molecule has 7 heteroatoms. The van der Waals surface area contributed by atoms with Crippen LogP contribution in [-0.4, -0.2) is 33.7 Å². The number of carboxylic acids is 2. The van der Waals surface area contributed by atoms with E-state index in [2.05, 4.69) is 78.7 Å². The molecule has 1 aromatic heterocycles. The Morgan fingerprint density at radius 3 is 2.21 bits per heavy atom. The van der Waals surface area contributed by atoms with Gasteiger partial charge in [-0.2, -0.15) is 0 Å². The summed E-state index contributed by atoms with van der Waals surface area (Å²) in [6.07, 6.45) is 1.12. The van der Waals surface area contributed by atoms with Gasteiger partial charge in [0.1, 0.15) is 5.82 Å². The van der Waals surface area contributed by atoms with E-state index in [0.717, 1.165) is 17.9 Å². The van der Waals surface area contributed by atoms with E-state index in [1.807, 2.05) is 11.3 Å². The maximum absolute atomic E-state index is 9.55. The van der Waals surface area contributed by atoms with Gasteiger partial charge in [0.05, 0.1) is 10.2 Å². The van der Waals surface area contributed by atoms with Gasteiger partial charge in [-0.05, 0) is 35.6 Å². The van der Waals surface area contributed by atoms with Crippen LogP contribution in [0.4, 0.5) is 5.82 Å². The molecule has 152 valence electrons. The summed E-state index contributed by atoms with van der Waals surface area (Å²) in [5, 5.41) is 20.4. The lowest BCUT2D eigenvalue weighted by Crippen LogP contribution is -2.08. The number of hydrogen-bond acceptors (Lipinski definition) is 4. The number of H-pyrrole nitrogens is 1. The second-order valence-corrected chi connectivity index (χ2v) is 7.69. The molecule has 3 rings (SSSR count). The van der Waals surface area contributed by atoms with Gasteiger partial charge in [0, 0.05) is 23.4 Å². The number of fused-ring (bicyclic) bond motifs is 2. The second-order valence-electron chi connectivity index (χ2n) is 6.60. The maximum Gasteiger partial charge on any atom is 0.328 e. The number of anilines is 1. The summed E-state index contributed by atoms with van der Waals surface area (Å²) in [6, 6.07) is 19.2. The summed E-state index contributed by atoms with van der Waals surface area (Å²) in [5.74, 6) is -0.846. The highest BCUT2D eigenvalue weighted by atomic mass is 32.1. The average molecular weight is 413 g/mol. The first kappa shape index (κ1) is 22.0. The first-order chi connectivity index (χ1) is 13.8. The summed E-state index contributed by atoms with van der Waals surface area (Å²) in [5.41, 5.74) is 1.15. The summed E-state index contributed by atoms with van der Waals surface area (Å²) in [7, 11) is 0. The molecule has 0 spiro atoms. The normalized spacial score (nSPS) is 10.6. The van der Waals surface area contributed by atoms with Crippen LogP contribution in [0.2, 0.25) is 0 Å². The predicted molar refractivity (Wildman–Crippen MR) is 119 cm³/mol. The van der Waals surface area contributed by atoms with Gasteiger partial charge >= 0.3 is 11.9 Å². The highest BCUT2D eigenvalue weighted by molar-refractivity contribution is 7.24. The third-order valence-electron chi connectivity index (χ3n) is 3.66. The number of hydrogen-bond donors (Lipinski definition) is 4. The minimum Gasteiger partial charge on any atom is -0.478 e. The Hall–Kier alpha value is -3.32. The molecule has 0 aliphatic rings. The Bertz CT molecular complexity index is 990. The molecule has 0 unspecified atom stereocenters. The number of aromatic nitrogens is 1. The molecule has 0 amide bonds. The van der Waals surface area contributed by atoms with E-state index in [1.54, 1.807) is 0 Å². The zero-order chi connectivity index (χ0) is 21.2. The standard InChI is InChI=1S/C18H20N2S.C4H4O4/c1-13(2)12-19-18-11-14-7-3-5-9-16(14)21-17-10-6-4-8-15(17)20-18;5-3(6)1-2-4(7)8/h3-11,13,19-20H,12H2,1-2H3;1-2H,(H,5,6)(H,7,8)/b;2-1-. The fraction of sp³-hybridized carbons (Fsp3) is 0.182. The van der Waals surface area contributed by atoms with Crippen molar-refractivity contribution in [1.29, 1.82) is 0 Å². The monoisotopic (exact) mass is 412 g/mol. The average Bonchev–Trinajstić information content (AvgIpc) is 2.66. The third-order valence-corrected chi connectivity index (χ3v) is 4.83. The van der Waals surface area contributed by atoms with Gasteiger partial charge in [0.2, 0.25) is 0 Å². The lowest BCUT2D eigenvalue weighted by molar-refractivity contribution is -0.134. The van der Waals surface area contributed by atoms with Crippen LogP contribution < -0.4 is 5.32 Å². The lowest BCUT2D eigenvalue weighted by atomic mass is 10.2. The molecule has 0 radical (unpaired) electrons. The highest BCUT2D eigenvalue weighted by Gasteiger charge is 1.99. The Labute approximate surface area is 172 Å². The summed E-state index contributed by atoms with van der Waals surface area (Å²) in [6.45, 7) is 5.39. The van der Waals surface area contributed by atoms with E-state index in [4.69, 9.17) is 10.2 Å². The fourth-order valence-electron chi connectivity index (χ4n) is 2.36. The van der Waals surface area contributed by atoms with E-state index in [1.165, 1.54) is 14.8 Å². The zero-order valence-corrected chi connectivity index (χ0v) is 17.1. The first-order valence-electron chi connectivity index (χ1n) is 9.07. The van der Waals surface area contributed by atoms with Gasteiger partial charge in [0.25, 0.3) is 0 Å². The molecular weight excluding hydrogens is 388 g/mol. The van der Waals surface area contributed by atoms with Gasteiger partial charge in [-0.25, -0.2) is 9.59 Å². The molecule has 0 saturated heterocycles. The molecule has 0 aliphatic heterocycles. The molecule has 6 nitrogen and oxygen atoms in total. The Morgan fingerprint density at radius 1 is 1.00 bits per heavy atom. The van der Waals surface area contributed by atoms with Crippen molar-refractivity contribution in [2.24, 2.45) is 5.92 Å². The van der Waals surface area contributed by atoms with E-state index in [0.29, 0.717) is 18.1 Å². The predicted octanol–water partition coefficient (Wildman–Crippen LogP) is 5.29. The Kier molecular flexibility index (Phi) is 8.24. The van der Waals surface area contributed by atoms with Crippen molar-refractivity contribution in [1.82, 2.24) is 4.98 Å². The number of para-hydroxylation sites is 1. The minimum atomic E-state index is -1.26. The highest BCUT2D eigenvalue weighted by Crippen LogP contribution is 2.25. The van der Waals surface area contributed by atoms with Crippen LogP contribution in [0.3, 0.4) is 0 Å². The Morgan fingerprint density at radius 2 is 1.59 bits per heavy atom. The van der Waals surface area contributed by atoms with Crippen LogP contribution in [-0.2, 0) is 9.59 Å². The van der Waals surface area contributed by atoms with Gasteiger partial charge in [-0.15, -0.1) is 11.3 Å². The maximum atomic E-state index is 9.55. The van der Waals surface area contributed by atoms with Crippen LogP contribution in [0.5, 0.6) is 0 Å². The number of aromatic amines is 1. The SMILES string of the molecule is CC(C)CNc1cc2ccccc2sc2ccccc2[nH]1.O=C(O)/C=C\C(=O)O.